The molecule has 8 nitrogen and oxygen atoms in total. The van der Waals surface area contributed by atoms with Gasteiger partial charge in [-0.3, -0.25) is 4.79 Å². The summed E-state index contributed by atoms with van der Waals surface area (Å²) in [6, 6.07) is 1.99. The molecule has 0 aliphatic carbocycles. The molecule has 142 valence electrons. The zero-order chi connectivity index (χ0) is 18.1. The highest BCUT2D eigenvalue weighted by molar-refractivity contribution is 5.70. The third kappa shape index (κ3) is 3.48. The Morgan fingerprint density at radius 1 is 1.12 bits per heavy atom. The summed E-state index contributed by atoms with van der Waals surface area (Å²) in [7, 11) is 0. The van der Waals surface area contributed by atoms with Crippen LogP contribution in [0.3, 0.4) is 0 Å². The third-order valence-electron chi connectivity index (χ3n) is 5.62. The van der Waals surface area contributed by atoms with Crippen LogP contribution in [0, 0.1) is 12.8 Å². The minimum absolute atomic E-state index is 0.238. The number of hydrogen-bond donors (Lipinski definition) is 1. The number of carbonyl (C=O) groups is 1. The molecule has 0 aromatic carbocycles. The predicted molar refractivity (Wildman–Crippen MR) is 95.4 cm³/mol. The van der Waals surface area contributed by atoms with Crippen molar-refractivity contribution in [2.45, 2.75) is 38.4 Å². The largest absolute Gasteiger partial charge is 0.481 e. The summed E-state index contributed by atoms with van der Waals surface area (Å²) in [5.41, 5.74) is 0.930. The van der Waals surface area contributed by atoms with E-state index in [0.717, 1.165) is 56.5 Å². The van der Waals surface area contributed by atoms with Crippen molar-refractivity contribution in [3.63, 3.8) is 0 Å². The number of piperidine rings is 2. The fourth-order valence-corrected chi connectivity index (χ4v) is 4.03. The van der Waals surface area contributed by atoms with E-state index in [9.17, 15) is 4.79 Å². The minimum atomic E-state index is -0.692. The van der Waals surface area contributed by atoms with Gasteiger partial charge in [0.15, 0.2) is 5.79 Å². The van der Waals surface area contributed by atoms with Crippen molar-refractivity contribution in [3.8, 4) is 0 Å². The summed E-state index contributed by atoms with van der Waals surface area (Å²) >= 11 is 0. The zero-order valence-corrected chi connectivity index (χ0v) is 15.2. The van der Waals surface area contributed by atoms with E-state index in [-0.39, 0.29) is 5.92 Å². The molecule has 0 unspecified atom stereocenters. The van der Waals surface area contributed by atoms with E-state index in [4.69, 9.17) is 19.6 Å². The highest BCUT2D eigenvalue weighted by Crippen LogP contribution is 2.33. The molecular formula is C18H26N4O4. The van der Waals surface area contributed by atoms with Crippen LogP contribution in [-0.4, -0.2) is 66.2 Å². The summed E-state index contributed by atoms with van der Waals surface area (Å²) in [6.45, 7) is 6.39. The van der Waals surface area contributed by atoms with E-state index in [0.29, 0.717) is 26.1 Å². The van der Waals surface area contributed by atoms with Crippen LogP contribution in [0.1, 0.15) is 31.4 Å². The normalized spacial score (nSPS) is 23.6. The summed E-state index contributed by atoms with van der Waals surface area (Å²) in [5.74, 6) is 0.307. The molecule has 1 spiro atoms. The van der Waals surface area contributed by atoms with Gasteiger partial charge in [0.1, 0.15) is 5.82 Å². The fraction of sp³-hybridized carbons (Fsp3) is 0.722. The Kier molecular flexibility index (Phi) is 4.71. The van der Waals surface area contributed by atoms with Gasteiger partial charge in [-0.15, -0.1) is 0 Å². The molecule has 0 atom stereocenters. The number of nitrogens with zero attached hydrogens (tertiary/aromatic N) is 4. The molecule has 0 bridgehead atoms. The number of ether oxygens (including phenoxy) is 2. The average molecular weight is 362 g/mol. The summed E-state index contributed by atoms with van der Waals surface area (Å²) < 4.78 is 11.6. The number of aryl methyl sites for hydroxylation is 1. The topological polar surface area (TPSA) is 88.0 Å². The van der Waals surface area contributed by atoms with Gasteiger partial charge in [0.25, 0.3) is 0 Å². The molecule has 0 amide bonds. The zero-order valence-electron chi connectivity index (χ0n) is 15.2. The number of aromatic nitrogens is 2. The second-order valence-corrected chi connectivity index (χ2v) is 7.36. The standard InChI is InChI=1S/C18H26N4O4/c1-13-12-15(21-6-2-14(3-7-21)16(23)24)20-17(19-13)22-8-4-18(5-9-22)25-10-11-26-18/h12,14H,2-11H2,1H3,(H,23,24). The van der Waals surface area contributed by atoms with E-state index in [1.165, 1.54) is 0 Å². The highest BCUT2D eigenvalue weighted by atomic mass is 16.7. The molecule has 0 saturated carbocycles. The van der Waals surface area contributed by atoms with E-state index in [1.807, 2.05) is 13.0 Å². The Balaban J connectivity index is 1.44. The molecule has 3 aliphatic rings. The third-order valence-corrected chi connectivity index (χ3v) is 5.62. The van der Waals surface area contributed by atoms with Gasteiger partial charge in [-0.1, -0.05) is 0 Å². The monoisotopic (exact) mass is 362 g/mol. The van der Waals surface area contributed by atoms with Crippen LogP contribution in [0.5, 0.6) is 0 Å². The van der Waals surface area contributed by atoms with E-state index in [1.54, 1.807) is 0 Å². The molecule has 1 aromatic heterocycles. The lowest BCUT2D eigenvalue weighted by molar-refractivity contribution is -0.169. The van der Waals surface area contributed by atoms with Gasteiger partial charge < -0.3 is 24.4 Å². The van der Waals surface area contributed by atoms with Crippen molar-refractivity contribution in [1.29, 1.82) is 0 Å². The summed E-state index contributed by atoms with van der Waals surface area (Å²) in [4.78, 5) is 24.9. The predicted octanol–water partition coefficient (Wildman–Crippen LogP) is 1.43. The Morgan fingerprint density at radius 2 is 1.77 bits per heavy atom. The lowest BCUT2D eigenvalue weighted by Crippen LogP contribution is -2.46. The van der Waals surface area contributed by atoms with Crippen LogP contribution in [0.4, 0.5) is 11.8 Å². The molecule has 3 aliphatic heterocycles. The molecule has 1 aromatic rings. The maximum atomic E-state index is 11.1. The number of hydrogen-bond acceptors (Lipinski definition) is 7. The lowest BCUT2D eigenvalue weighted by Gasteiger charge is -2.38. The first-order chi connectivity index (χ1) is 12.5. The van der Waals surface area contributed by atoms with Gasteiger partial charge >= 0.3 is 5.97 Å². The van der Waals surface area contributed by atoms with Gasteiger partial charge in [-0.2, -0.15) is 4.98 Å². The number of anilines is 2. The quantitative estimate of drug-likeness (QED) is 0.864. The Hall–Kier alpha value is -1.93. The first kappa shape index (κ1) is 17.5. The van der Waals surface area contributed by atoms with E-state index < -0.39 is 11.8 Å². The molecule has 3 saturated heterocycles. The maximum Gasteiger partial charge on any atom is 0.306 e. The molecule has 4 heterocycles. The Bertz CT molecular complexity index is 659. The SMILES string of the molecule is Cc1cc(N2CCC(C(=O)O)CC2)nc(N2CCC3(CC2)OCCO3)n1. The van der Waals surface area contributed by atoms with Crippen molar-refractivity contribution >= 4 is 17.7 Å². The van der Waals surface area contributed by atoms with Crippen LogP contribution >= 0.6 is 0 Å². The fourth-order valence-electron chi connectivity index (χ4n) is 4.03. The number of rotatable bonds is 3. The van der Waals surface area contributed by atoms with Crippen molar-refractivity contribution < 1.29 is 19.4 Å². The van der Waals surface area contributed by atoms with Gasteiger partial charge in [-0.05, 0) is 19.8 Å². The van der Waals surface area contributed by atoms with Gasteiger partial charge in [0.2, 0.25) is 5.95 Å². The number of carboxylic acid groups (broad SMARTS) is 1. The maximum absolute atomic E-state index is 11.1. The van der Waals surface area contributed by atoms with Gasteiger partial charge in [0.05, 0.1) is 19.1 Å². The van der Waals surface area contributed by atoms with Crippen LogP contribution in [0.25, 0.3) is 0 Å². The van der Waals surface area contributed by atoms with Gasteiger partial charge in [-0.25, -0.2) is 4.98 Å². The first-order valence-electron chi connectivity index (χ1n) is 9.41. The van der Waals surface area contributed by atoms with Crippen molar-refractivity contribution in [2.75, 3.05) is 49.2 Å². The Morgan fingerprint density at radius 3 is 2.38 bits per heavy atom. The van der Waals surface area contributed by atoms with Crippen LogP contribution < -0.4 is 9.80 Å². The van der Waals surface area contributed by atoms with Crippen molar-refractivity contribution in [3.05, 3.63) is 11.8 Å². The average Bonchev–Trinajstić information content (AvgIpc) is 3.10. The lowest BCUT2D eigenvalue weighted by atomic mass is 9.97. The molecule has 8 heteroatoms. The van der Waals surface area contributed by atoms with Crippen molar-refractivity contribution in [1.82, 2.24) is 9.97 Å². The van der Waals surface area contributed by atoms with Crippen LogP contribution in [0.15, 0.2) is 6.07 Å². The van der Waals surface area contributed by atoms with Crippen LogP contribution in [-0.2, 0) is 14.3 Å². The second kappa shape index (κ2) is 7.00. The highest BCUT2D eigenvalue weighted by Gasteiger charge is 2.40. The first-order valence-corrected chi connectivity index (χ1v) is 9.41. The minimum Gasteiger partial charge on any atom is -0.481 e. The van der Waals surface area contributed by atoms with Crippen molar-refractivity contribution in [2.24, 2.45) is 5.92 Å². The van der Waals surface area contributed by atoms with E-state index >= 15 is 0 Å². The summed E-state index contributed by atoms with van der Waals surface area (Å²) in [5, 5.41) is 9.17. The second-order valence-electron chi connectivity index (χ2n) is 7.36. The molecule has 26 heavy (non-hydrogen) atoms. The Labute approximate surface area is 153 Å². The summed E-state index contributed by atoms with van der Waals surface area (Å²) in [6.07, 6.45) is 2.97. The van der Waals surface area contributed by atoms with E-state index in [2.05, 4.69) is 14.8 Å². The molecule has 3 fully saturated rings. The van der Waals surface area contributed by atoms with Gasteiger partial charge in [0, 0.05) is 50.8 Å². The van der Waals surface area contributed by atoms with Crippen LogP contribution in [0.2, 0.25) is 0 Å². The molecule has 4 rings (SSSR count). The number of carboxylic acids is 1. The molecule has 1 N–H and O–H groups in total. The number of aliphatic carboxylic acids is 1. The smallest absolute Gasteiger partial charge is 0.306 e. The molecular weight excluding hydrogens is 336 g/mol. The molecule has 0 radical (unpaired) electrons.